The number of hydrogen-bond acceptors (Lipinski definition) is 5. The van der Waals surface area contributed by atoms with Gasteiger partial charge >= 0.3 is 24.8 Å². The zero-order valence-electron chi connectivity index (χ0n) is 18.3. The van der Waals surface area contributed by atoms with E-state index in [9.17, 15) is 31.5 Å². The van der Waals surface area contributed by atoms with E-state index < -0.39 is 40.8 Å². The fraction of sp³-hybridized carbons (Fsp3) is 0.318. The molecule has 0 radical (unpaired) electrons. The summed E-state index contributed by atoms with van der Waals surface area (Å²) in [6.07, 6.45) is -4.69. The minimum absolute atomic E-state index is 0.0125. The van der Waals surface area contributed by atoms with Gasteiger partial charge in [-0.1, -0.05) is 23.7 Å². The lowest BCUT2D eigenvalue weighted by Gasteiger charge is -2.24. The van der Waals surface area contributed by atoms with Crippen molar-refractivity contribution in [3.63, 3.8) is 0 Å². The van der Waals surface area contributed by atoms with Gasteiger partial charge in [0.1, 0.15) is 11.2 Å². The molecule has 1 atom stereocenters. The molecule has 0 aliphatic carbocycles. The summed E-state index contributed by atoms with van der Waals surface area (Å²) in [6.45, 7) is -0.356. The number of carbonyl (C=O) groups is 2. The second-order valence-electron chi connectivity index (χ2n) is 7.59. The van der Waals surface area contributed by atoms with Crippen LogP contribution in [0.2, 0.25) is 5.02 Å². The Morgan fingerprint density at radius 2 is 1.94 bits per heavy atom. The van der Waals surface area contributed by atoms with E-state index in [1.54, 1.807) is 6.92 Å². The topological polar surface area (TPSA) is 80.2 Å². The lowest BCUT2D eigenvalue weighted by atomic mass is 9.82. The van der Waals surface area contributed by atoms with Gasteiger partial charge in [0.05, 0.1) is 29.4 Å². The maximum absolute atomic E-state index is 13.1. The molecule has 1 N–H and O–H groups in total. The lowest BCUT2D eigenvalue weighted by Crippen LogP contribution is -2.42. The third-order valence-corrected chi connectivity index (χ3v) is 5.34. The molecule has 2 amide bonds. The van der Waals surface area contributed by atoms with Crippen molar-refractivity contribution in [2.24, 2.45) is 10.5 Å². The van der Waals surface area contributed by atoms with Crippen molar-refractivity contribution in [2.45, 2.75) is 26.6 Å². The third-order valence-electron chi connectivity index (χ3n) is 5.03. The summed E-state index contributed by atoms with van der Waals surface area (Å²) in [5.74, 6) is -0.948. The first-order chi connectivity index (χ1) is 16.3. The van der Waals surface area contributed by atoms with Gasteiger partial charge in [-0.15, -0.1) is 0 Å². The van der Waals surface area contributed by atoms with Gasteiger partial charge in [0.25, 0.3) is 0 Å². The summed E-state index contributed by atoms with van der Waals surface area (Å²) >= 11 is 5.83. The predicted octanol–water partition coefficient (Wildman–Crippen LogP) is 5.78. The van der Waals surface area contributed by atoms with Crippen LogP contribution in [-0.2, 0) is 15.7 Å². The lowest BCUT2D eigenvalue weighted by molar-refractivity contribution is -0.150. The Kier molecular flexibility index (Phi) is 7.53. The molecule has 13 heteroatoms. The Labute approximate surface area is 201 Å². The fourth-order valence-electron chi connectivity index (χ4n) is 3.42. The molecule has 1 aliphatic rings. The summed E-state index contributed by atoms with van der Waals surface area (Å²) < 4.78 is 73.6. The molecule has 0 saturated heterocycles. The second-order valence-corrected chi connectivity index (χ2v) is 7.99. The first-order valence-electron chi connectivity index (χ1n) is 10.1. The quantitative estimate of drug-likeness (QED) is 0.387. The molecule has 0 aromatic heterocycles. The Morgan fingerprint density at radius 3 is 2.54 bits per heavy atom. The van der Waals surface area contributed by atoms with Gasteiger partial charge in [-0.05, 0) is 38.1 Å². The number of nitrogens with zero attached hydrogens (tertiary/aromatic N) is 2. The van der Waals surface area contributed by atoms with E-state index in [4.69, 9.17) is 16.3 Å². The van der Waals surface area contributed by atoms with Gasteiger partial charge in [-0.3, -0.25) is 4.79 Å². The number of alkyl halides is 5. The number of rotatable bonds is 6. The summed E-state index contributed by atoms with van der Waals surface area (Å²) in [4.78, 5) is 25.6. The first-order valence-corrected chi connectivity index (χ1v) is 10.5. The number of esters is 1. The molecule has 0 spiro atoms. The SMILES string of the molecule is CCOC(=O)C1(C)CN(C(=O)Nc2cccc(OC(F)F)c2)N=C1c1ccc(C(F)(F)F)c(Cl)c1. The van der Waals surface area contributed by atoms with Crippen LogP contribution in [0.3, 0.4) is 0 Å². The molecule has 0 saturated carbocycles. The van der Waals surface area contributed by atoms with Crippen LogP contribution in [-0.4, -0.2) is 42.5 Å². The molecule has 2 aromatic rings. The van der Waals surface area contributed by atoms with E-state index in [0.717, 1.165) is 29.3 Å². The third kappa shape index (κ3) is 5.81. The van der Waals surface area contributed by atoms with E-state index in [1.165, 1.54) is 25.1 Å². The van der Waals surface area contributed by atoms with Gasteiger partial charge in [0, 0.05) is 17.3 Å². The Morgan fingerprint density at radius 1 is 1.23 bits per heavy atom. The maximum Gasteiger partial charge on any atom is 0.417 e. The zero-order valence-corrected chi connectivity index (χ0v) is 19.1. The number of hydrogen-bond donors (Lipinski definition) is 1. The minimum Gasteiger partial charge on any atom is -0.465 e. The number of benzene rings is 2. The number of nitrogens with one attached hydrogen (secondary N) is 1. The van der Waals surface area contributed by atoms with Gasteiger partial charge in [-0.2, -0.15) is 27.1 Å². The second kappa shape index (κ2) is 10.1. The van der Waals surface area contributed by atoms with E-state index >= 15 is 0 Å². The molecule has 2 aromatic carbocycles. The fourth-order valence-corrected chi connectivity index (χ4v) is 3.70. The van der Waals surface area contributed by atoms with Crippen molar-refractivity contribution in [1.82, 2.24) is 5.01 Å². The summed E-state index contributed by atoms with van der Waals surface area (Å²) in [5.41, 5.74) is -2.44. The van der Waals surface area contributed by atoms with Crippen molar-refractivity contribution in [2.75, 3.05) is 18.5 Å². The normalized spacial score (nSPS) is 17.9. The van der Waals surface area contributed by atoms with E-state index in [0.29, 0.717) is 0 Å². The molecule has 1 heterocycles. The number of urea groups is 1. The molecular formula is C22H19ClF5N3O4. The maximum atomic E-state index is 13.1. The Hall–Kier alpha value is -3.41. The molecule has 0 fully saturated rings. The average Bonchev–Trinajstić information content (AvgIpc) is 3.12. The van der Waals surface area contributed by atoms with Gasteiger partial charge in [-0.25, -0.2) is 9.80 Å². The van der Waals surface area contributed by atoms with Crippen molar-refractivity contribution in [3.8, 4) is 5.75 Å². The molecule has 3 rings (SSSR count). The number of ether oxygens (including phenoxy) is 2. The first kappa shape index (κ1) is 26.2. The average molecular weight is 520 g/mol. The summed E-state index contributed by atoms with van der Waals surface area (Å²) in [6, 6.07) is 7.23. The van der Waals surface area contributed by atoms with Crippen molar-refractivity contribution in [3.05, 3.63) is 58.6 Å². The predicted molar refractivity (Wildman–Crippen MR) is 117 cm³/mol. The highest BCUT2D eigenvalue weighted by Crippen LogP contribution is 2.38. The van der Waals surface area contributed by atoms with Crippen molar-refractivity contribution >= 4 is 35.0 Å². The standard InChI is InChI=1S/C22H19ClF5N3O4/c1-3-34-18(32)21(2)11-31(20(33)29-13-5-4-6-14(10-13)35-19(24)25)30-17(21)12-7-8-15(16(23)9-12)22(26,27)28/h4-10,19H,3,11H2,1-2H3,(H,29,33). The molecule has 7 nitrogen and oxygen atoms in total. The van der Waals surface area contributed by atoms with Crippen LogP contribution in [0.15, 0.2) is 47.6 Å². The van der Waals surface area contributed by atoms with Gasteiger partial charge in [0.15, 0.2) is 0 Å². The van der Waals surface area contributed by atoms with E-state index in [-0.39, 0.29) is 35.9 Å². The molecule has 35 heavy (non-hydrogen) atoms. The van der Waals surface area contributed by atoms with Crippen LogP contribution < -0.4 is 10.1 Å². The molecular weight excluding hydrogens is 501 g/mol. The smallest absolute Gasteiger partial charge is 0.417 e. The molecule has 1 unspecified atom stereocenters. The summed E-state index contributed by atoms with van der Waals surface area (Å²) in [5, 5.41) is 6.89. The number of anilines is 1. The number of halogens is 6. The van der Waals surface area contributed by atoms with Crippen LogP contribution in [0, 0.1) is 5.41 Å². The van der Waals surface area contributed by atoms with Crippen molar-refractivity contribution in [1.29, 1.82) is 0 Å². The number of carbonyl (C=O) groups excluding carboxylic acids is 2. The van der Waals surface area contributed by atoms with E-state index in [1.807, 2.05) is 0 Å². The highest BCUT2D eigenvalue weighted by atomic mass is 35.5. The molecule has 188 valence electrons. The van der Waals surface area contributed by atoms with Gasteiger partial charge in [0.2, 0.25) is 0 Å². The highest BCUT2D eigenvalue weighted by Gasteiger charge is 2.49. The van der Waals surface area contributed by atoms with Crippen LogP contribution in [0.4, 0.5) is 32.4 Å². The van der Waals surface area contributed by atoms with E-state index in [2.05, 4.69) is 15.2 Å². The van der Waals surface area contributed by atoms with Gasteiger partial charge < -0.3 is 14.8 Å². The Balaban J connectivity index is 1.94. The van der Waals surface area contributed by atoms with Crippen LogP contribution in [0.5, 0.6) is 5.75 Å². The van der Waals surface area contributed by atoms with Crippen LogP contribution in [0.25, 0.3) is 0 Å². The largest absolute Gasteiger partial charge is 0.465 e. The zero-order chi connectivity index (χ0) is 26.0. The summed E-state index contributed by atoms with van der Waals surface area (Å²) in [7, 11) is 0. The van der Waals surface area contributed by atoms with Crippen LogP contribution >= 0.6 is 11.6 Å². The minimum atomic E-state index is -4.69. The molecule has 1 aliphatic heterocycles. The highest BCUT2D eigenvalue weighted by molar-refractivity contribution is 6.32. The monoisotopic (exact) mass is 519 g/mol. The van der Waals surface area contributed by atoms with Crippen molar-refractivity contribution < 1.29 is 41.0 Å². The molecule has 0 bridgehead atoms. The van der Waals surface area contributed by atoms with Crippen LogP contribution in [0.1, 0.15) is 25.0 Å². The number of amides is 2. The Bertz CT molecular complexity index is 1160. The number of hydrazone groups is 1.